The molecule has 5 rings (SSSR count). The third-order valence-corrected chi connectivity index (χ3v) is 5.51. The summed E-state index contributed by atoms with van der Waals surface area (Å²) in [6.45, 7) is 4.24. The van der Waals surface area contributed by atoms with Crippen LogP contribution in [0.1, 0.15) is 18.1 Å². The molecule has 6 heteroatoms. The van der Waals surface area contributed by atoms with E-state index in [0.717, 1.165) is 53.0 Å². The smallest absolute Gasteiger partial charge is 0.165 e. The number of anilines is 1. The van der Waals surface area contributed by atoms with E-state index in [2.05, 4.69) is 71.9 Å². The van der Waals surface area contributed by atoms with Crippen LogP contribution in [0.25, 0.3) is 39.5 Å². The maximum absolute atomic E-state index is 7.00. The van der Waals surface area contributed by atoms with Crippen molar-refractivity contribution in [3.05, 3.63) is 90.1 Å². The van der Waals surface area contributed by atoms with E-state index in [0.29, 0.717) is 5.82 Å². The summed E-state index contributed by atoms with van der Waals surface area (Å²) < 4.78 is 2.06. The number of nitrogens with two attached hydrogens (primary N) is 1. The Morgan fingerprint density at radius 3 is 2.42 bits per heavy atom. The van der Waals surface area contributed by atoms with Crippen molar-refractivity contribution in [1.29, 1.82) is 0 Å². The molecule has 0 radical (unpaired) electrons. The first-order valence-corrected chi connectivity index (χ1v) is 10.9. The van der Waals surface area contributed by atoms with Gasteiger partial charge >= 0.3 is 0 Å². The molecule has 0 aliphatic rings. The molecule has 0 aliphatic heterocycles. The highest BCUT2D eigenvalue weighted by atomic mass is 16.2. The van der Waals surface area contributed by atoms with Crippen LogP contribution in [-0.4, -0.2) is 31.7 Å². The second kappa shape index (κ2) is 9.63. The number of hydrogen-bond donors (Lipinski definition) is 2. The Hall–Kier alpha value is -4.03. The molecule has 0 atom stereocenters. The summed E-state index contributed by atoms with van der Waals surface area (Å²) in [4.78, 5) is 14.2. The van der Waals surface area contributed by atoms with E-state index in [9.17, 15) is 0 Å². The molecule has 0 spiro atoms. The molecular formula is C27H27N5O. The van der Waals surface area contributed by atoms with Gasteiger partial charge in [0.15, 0.2) is 11.5 Å². The number of benzene rings is 2. The van der Waals surface area contributed by atoms with Crippen LogP contribution >= 0.6 is 0 Å². The summed E-state index contributed by atoms with van der Waals surface area (Å²) in [5.74, 6) is 1.18. The third-order valence-electron chi connectivity index (χ3n) is 5.51. The molecule has 0 fully saturated rings. The summed E-state index contributed by atoms with van der Waals surface area (Å²) in [7, 11) is 1.00. The molecule has 3 heterocycles. The first kappa shape index (κ1) is 22.2. The molecule has 0 unspecified atom stereocenters. The normalized spacial score (nSPS) is 10.7. The average Bonchev–Trinajstić information content (AvgIpc) is 3.24. The second-order valence-electron chi connectivity index (χ2n) is 7.64. The number of hydrogen-bond acceptors (Lipinski definition) is 5. The number of nitrogen functional groups attached to an aromatic ring is 1. The van der Waals surface area contributed by atoms with Crippen LogP contribution in [0.2, 0.25) is 0 Å². The minimum absolute atomic E-state index is 0.446. The van der Waals surface area contributed by atoms with Gasteiger partial charge in [0.25, 0.3) is 0 Å². The molecule has 0 saturated carbocycles. The van der Waals surface area contributed by atoms with Crippen molar-refractivity contribution in [3.63, 3.8) is 0 Å². The fourth-order valence-corrected chi connectivity index (χ4v) is 3.79. The lowest BCUT2D eigenvalue weighted by atomic mass is 10.1. The molecule has 166 valence electrons. The van der Waals surface area contributed by atoms with E-state index >= 15 is 0 Å². The molecule has 0 saturated heterocycles. The molecule has 6 nitrogen and oxygen atoms in total. The number of rotatable bonds is 4. The van der Waals surface area contributed by atoms with Crippen molar-refractivity contribution >= 4 is 17.0 Å². The molecule has 0 aliphatic carbocycles. The Bertz CT molecular complexity index is 1390. The van der Waals surface area contributed by atoms with Gasteiger partial charge in [0.1, 0.15) is 11.3 Å². The number of aliphatic hydroxyl groups excluding tert-OH is 1. The Labute approximate surface area is 193 Å². The van der Waals surface area contributed by atoms with Gasteiger partial charge < -0.3 is 10.8 Å². The summed E-state index contributed by atoms with van der Waals surface area (Å²) >= 11 is 0. The zero-order valence-corrected chi connectivity index (χ0v) is 19.0. The van der Waals surface area contributed by atoms with Crippen molar-refractivity contribution in [3.8, 4) is 28.3 Å². The lowest BCUT2D eigenvalue weighted by molar-refractivity contribution is 0.399. The molecule has 2 aromatic carbocycles. The highest BCUT2D eigenvalue weighted by Gasteiger charge is 2.18. The van der Waals surface area contributed by atoms with Crippen LogP contribution < -0.4 is 5.73 Å². The molecule has 0 bridgehead atoms. The third kappa shape index (κ3) is 4.33. The van der Waals surface area contributed by atoms with Crippen LogP contribution in [-0.2, 0) is 6.42 Å². The quantitative estimate of drug-likeness (QED) is 0.403. The average molecular weight is 438 g/mol. The molecule has 3 aromatic heterocycles. The van der Waals surface area contributed by atoms with Crippen LogP contribution in [0.5, 0.6) is 0 Å². The lowest BCUT2D eigenvalue weighted by Gasteiger charge is -2.11. The van der Waals surface area contributed by atoms with Gasteiger partial charge in [-0.1, -0.05) is 42.8 Å². The molecule has 5 aromatic rings. The molecule has 3 N–H and O–H groups in total. The fourth-order valence-electron chi connectivity index (χ4n) is 3.79. The van der Waals surface area contributed by atoms with Crippen molar-refractivity contribution in [1.82, 2.24) is 19.5 Å². The van der Waals surface area contributed by atoms with Crippen LogP contribution in [0.3, 0.4) is 0 Å². The van der Waals surface area contributed by atoms with Gasteiger partial charge in [0.2, 0.25) is 0 Å². The van der Waals surface area contributed by atoms with Crippen LogP contribution in [0.15, 0.2) is 79.0 Å². The number of imidazole rings is 1. The number of aromatic nitrogens is 4. The number of fused-ring (bicyclic) bond motifs is 1. The summed E-state index contributed by atoms with van der Waals surface area (Å²) in [6, 6.07) is 24.7. The second-order valence-corrected chi connectivity index (χ2v) is 7.64. The largest absolute Gasteiger partial charge is 0.400 e. The van der Waals surface area contributed by atoms with Gasteiger partial charge in [-0.3, -0.25) is 4.57 Å². The summed E-state index contributed by atoms with van der Waals surface area (Å²) in [6.07, 6.45) is 2.68. The Balaban J connectivity index is 0.00000126. The topological polar surface area (TPSA) is 89.9 Å². The van der Waals surface area contributed by atoms with E-state index in [1.807, 2.05) is 24.3 Å². The van der Waals surface area contributed by atoms with E-state index in [1.54, 1.807) is 6.20 Å². The van der Waals surface area contributed by atoms with Crippen LogP contribution in [0, 0.1) is 6.92 Å². The summed E-state index contributed by atoms with van der Waals surface area (Å²) in [5.41, 5.74) is 14.1. The maximum atomic E-state index is 7.00. The van der Waals surface area contributed by atoms with E-state index in [1.165, 1.54) is 11.1 Å². The molecule has 0 amide bonds. The van der Waals surface area contributed by atoms with Crippen molar-refractivity contribution in [2.24, 2.45) is 0 Å². The zero-order valence-electron chi connectivity index (χ0n) is 19.0. The fraction of sp³-hybridized carbons (Fsp3) is 0.148. The van der Waals surface area contributed by atoms with Gasteiger partial charge in [-0.2, -0.15) is 0 Å². The van der Waals surface area contributed by atoms with E-state index in [-0.39, 0.29) is 0 Å². The molecule has 33 heavy (non-hydrogen) atoms. The molecular weight excluding hydrogens is 410 g/mol. The van der Waals surface area contributed by atoms with Crippen LogP contribution in [0.4, 0.5) is 5.82 Å². The lowest BCUT2D eigenvalue weighted by Crippen LogP contribution is -2.02. The predicted molar refractivity (Wildman–Crippen MR) is 134 cm³/mol. The minimum atomic E-state index is 0.446. The van der Waals surface area contributed by atoms with Crippen molar-refractivity contribution in [2.75, 3.05) is 12.8 Å². The van der Waals surface area contributed by atoms with Crippen molar-refractivity contribution in [2.45, 2.75) is 20.3 Å². The van der Waals surface area contributed by atoms with Gasteiger partial charge in [0, 0.05) is 24.6 Å². The van der Waals surface area contributed by atoms with E-state index < -0.39 is 0 Å². The SMILES string of the molecule is CCc1cccc(-c2ccc3nc(-c4cccnc4N)n(-c4ccc(C)cc4)c3n2)c1.CO. The predicted octanol–water partition coefficient (Wildman–Crippen LogP) is 5.21. The standard InChI is InChI=1S/C26H23N5.CH4O/c1-3-18-6-4-7-19(16-18)22-13-14-23-26(29-22)31(20-11-9-17(2)10-12-20)25(30-23)21-8-5-15-28-24(21)27;1-2/h4-16H,3H2,1-2H3,(H2,27,28);2H,1H3. The minimum Gasteiger partial charge on any atom is -0.400 e. The number of pyridine rings is 2. The Morgan fingerprint density at radius 2 is 1.70 bits per heavy atom. The number of nitrogens with zero attached hydrogens (tertiary/aromatic N) is 4. The maximum Gasteiger partial charge on any atom is 0.165 e. The first-order valence-electron chi connectivity index (χ1n) is 10.9. The van der Waals surface area contributed by atoms with Crippen molar-refractivity contribution < 1.29 is 5.11 Å². The number of aliphatic hydroxyl groups is 1. The first-order chi connectivity index (χ1) is 16.1. The Morgan fingerprint density at radius 1 is 0.909 bits per heavy atom. The number of aryl methyl sites for hydroxylation is 2. The highest BCUT2D eigenvalue weighted by molar-refractivity contribution is 5.84. The van der Waals surface area contributed by atoms with Gasteiger partial charge in [-0.15, -0.1) is 0 Å². The highest BCUT2D eigenvalue weighted by Crippen LogP contribution is 2.31. The Kier molecular flexibility index (Phi) is 6.47. The monoisotopic (exact) mass is 437 g/mol. The van der Waals surface area contributed by atoms with Gasteiger partial charge in [0.05, 0.1) is 11.3 Å². The van der Waals surface area contributed by atoms with E-state index in [4.69, 9.17) is 20.8 Å². The zero-order chi connectivity index (χ0) is 23.4. The van der Waals surface area contributed by atoms with Gasteiger partial charge in [-0.05, 0) is 61.4 Å². The summed E-state index contributed by atoms with van der Waals surface area (Å²) in [5, 5.41) is 7.00. The van der Waals surface area contributed by atoms with Gasteiger partial charge in [-0.25, -0.2) is 15.0 Å².